The highest BCUT2D eigenvalue weighted by molar-refractivity contribution is 5.88. The molecule has 2 aromatic rings. The van der Waals surface area contributed by atoms with Gasteiger partial charge in [0.25, 0.3) is 0 Å². The minimum atomic E-state index is -0.706. The monoisotopic (exact) mass is 398 g/mol. The molecule has 2 rings (SSSR count). The Hall–Kier alpha value is -2.86. The zero-order valence-corrected chi connectivity index (χ0v) is 17.4. The number of carbonyl (C=O) groups excluding carboxylic acids is 2. The number of hydrogen-bond acceptors (Lipinski definition) is 4. The second-order valence-corrected chi connectivity index (χ2v) is 6.65. The van der Waals surface area contributed by atoms with Crippen LogP contribution in [0.15, 0.2) is 54.6 Å². The number of nitrogens with one attached hydrogen (secondary N) is 1. The summed E-state index contributed by atoms with van der Waals surface area (Å²) in [7, 11) is 1.61. The maximum absolute atomic E-state index is 13.0. The van der Waals surface area contributed by atoms with Crippen LogP contribution in [-0.4, -0.2) is 43.6 Å². The lowest BCUT2D eigenvalue weighted by atomic mass is 10.0. The largest absolute Gasteiger partial charge is 0.497 e. The minimum Gasteiger partial charge on any atom is -0.497 e. The van der Waals surface area contributed by atoms with Crippen LogP contribution in [-0.2, 0) is 20.9 Å². The molecule has 29 heavy (non-hydrogen) atoms. The van der Waals surface area contributed by atoms with Crippen molar-refractivity contribution in [2.75, 3.05) is 26.9 Å². The molecule has 0 heterocycles. The smallest absolute Gasteiger partial charge is 0.247 e. The molecule has 0 aliphatic heterocycles. The molecule has 0 saturated carbocycles. The van der Waals surface area contributed by atoms with Crippen LogP contribution in [0.1, 0.15) is 37.4 Å². The van der Waals surface area contributed by atoms with E-state index in [1.54, 1.807) is 12.0 Å². The van der Waals surface area contributed by atoms with Gasteiger partial charge in [-0.2, -0.15) is 0 Å². The van der Waals surface area contributed by atoms with E-state index in [4.69, 9.17) is 9.47 Å². The molecule has 0 spiro atoms. The number of amides is 2. The van der Waals surface area contributed by atoms with Crippen molar-refractivity contribution in [1.82, 2.24) is 10.2 Å². The highest BCUT2D eigenvalue weighted by Crippen LogP contribution is 2.24. The zero-order valence-electron chi connectivity index (χ0n) is 17.4. The molecule has 2 aromatic carbocycles. The number of benzene rings is 2. The molecule has 2 amide bonds. The van der Waals surface area contributed by atoms with E-state index >= 15 is 0 Å². The van der Waals surface area contributed by atoms with E-state index < -0.39 is 6.04 Å². The molecule has 0 saturated heterocycles. The maximum atomic E-state index is 13.0. The number of carbonyl (C=O) groups is 2. The van der Waals surface area contributed by atoms with E-state index in [0.29, 0.717) is 26.3 Å². The molecular formula is C23H30N2O4. The first-order valence-electron chi connectivity index (χ1n) is 9.87. The molecular weight excluding hydrogens is 368 g/mol. The van der Waals surface area contributed by atoms with E-state index in [0.717, 1.165) is 23.3 Å². The highest BCUT2D eigenvalue weighted by atomic mass is 16.5. The molecule has 0 aliphatic rings. The van der Waals surface area contributed by atoms with Crippen molar-refractivity contribution >= 4 is 11.8 Å². The highest BCUT2D eigenvalue weighted by Gasteiger charge is 2.29. The normalized spacial score (nSPS) is 11.6. The van der Waals surface area contributed by atoms with E-state index in [2.05, 4.69) is 5.32 Å². The average Bonchev–Trinajstić information content (AvgIpc) is 2.74. The van der Waals surface area contributed by atoms with E-state index in [9.17, 15) is 9.59 Å². The Kier molecular flexibility index (Phi) is 9.18. The average molecular weight is 399 g/mol. The first-order valence-corrected chi connectivity index (χ1v) is 9.87. The summed E-state index contributed by atoms with van der Waals surface area (Å²) < 4.78 is 10.5. The van der Waals surface area contributed by atoms with Crippen molar-refractivity contribution in [3.63, 3.8) is 0 Å². The molecule has 0 unspecified atom stereocenters. The number of methoxy groups -OCH3 is 1. The van der Waals surface area contributed by atoms with E-state index in [1.807, 2.05) is 61.5 Å². The van der Waals surface area contributed by atoms with Crippen molar-refractivity contribution in [3.8, 4) is 5.75 Å². The van der Waals surface area contributed by atoms with Crippen molar-refractivity contribution in [2.24, 2.45) is 0 Å². The molecule has 0 aliphatic carbocycles. The standard InChI is InChI=1S/C23H30N2O4/c1-4-29-16-8-15-24-23(27)22(20-9-6-5-7-10-20)25(18(2)26)17-19-11-13-21(28-3)14-12-19/h5-7,9-14,22H,4,8,15-17H2,1-3H3,(H,24,27)/t22-/m0/s1. The Morgan fingerprint density at radius 2 is 1.76 bits per heavy atom. The summed E-state index contributed by atoms with van der Waals surface area (Å²) >= 11 is 0. The molecule has 0 bridgehead atoms. The predicted molar refractivity (Wildman–Crippen MR) is 113 cm³/mol. The first-order chi connectivity index (χ1) is 14.1. The third-order valence-corrected chi connectivity index (χ3v) is 4.56. The molecule has 6 heteroatoms. The molecule has 0 radical (unpaired) electrons. The lowest BCUT2D eigenvalue weighted by molar-refractivity contribution is -0.140. The molecule has 1 N–H and O–H groups in total. The van der Waals surface area contributed by atoms with Crippen LogP contribution < -0.4 is 10.1 Å². The number of rotatable bonds is 11. The number of nitrogens with zero attached hydrogens (tertiary/aromatic N) is 1. The van der Waals surface area contributed by atoms with Crippen LogP contribution in [0.2, 0.25) is 0 Å². The van der Waals surface area contributed by atoms with Crippen molar-refractivity contribution in [3.05, 3.63) is 65.7 Å². The van der Waals surface area contributed by atoms with Gasteiger partial charge in [-0.05, 0) is 36.6 Å². The van der Waals surface area contributed by atoms with Crippen LogP contribution in [0, 0.1) is 0 Å². The Morgan fingerprint density at radius 3 is 2.34 bits per heavy atom. The van der Waals surface area contributed by atoms with Crippen molar-refractivity contribution in [1.29, 1.82) is 0 Å². The second kappa shape index (κ2) is 11.9. The van der Waals surface area contributed by atoms with Gasteiger partial charge in [0.15, 0.2) is 0 Å². The molecule has 0 fully saturated rings. The molecule has 156 valence electrons. The summed E-state index contributed by atoms with van der Waals surface area (Å²) in [4.78, 5) is 27.1. The van der Waals surface area contributed by atoms with Gasteiger partial charge in [-0.15, -0.1) is 0 Å². The van der Waals surface area contributed by atoms with Gasteiger partial charge in [0.1, 0.15) is 11.8 Å². The summed E-state index contributed by atoms with van der Waals surface area (Å²) in [5.41, 5.74) is 1.70. The summed E-state index contributed by atoms with van der Waals surface area (Å²) in [6.45, 7) is 5.49. The first kappa shape index (κ1) is 22.4. The summed E-state index contributed by atoms with van der Waals surface area (Å²) in [6.07, 6.45) is 0.722. The van der Waals surface area contributed by atoms with E-state index in [1.165, 1.54) is 6.92 Å². The van der Waals surface area contributed by atoms with Crippen LogP contribution in [0.25, 0.3) is 0 Å². The van der Waals surface area contributed by atoms with Crippen LogP contribution in [0.5, 0.6) is 5.75 Å². The van der Waals surface area contributed by atoms with Crippen LogP contribution in [0.4, 0.5) is 0 Å². The fourth-order valence-electron chi connectivity index (χ4n) is 3.05. The summed E-state index contributed by atoms with van der Waals surface area (Å²) in [5.74, 6) is 0.380. The topological polar surface area (TPSA) is 67.9 Å². The summed E-state index contributed by atoms with van der Waals surface area (Å²) in [6, 6.07) is 16.2. The van der Waals surface area contributed by atoms with Crippen LogP contribution >= 0.6 is 0 Å². The Morgan fingerprint density at radius 1 is 1.07 bits per heavy atom. The van der Waals surface area contributed by atoms with Crippen LogP contribution in [0.3, 0.4) is 0 Å². The second-order valence-electron chi connectivity index (χ2n) is 6.65. The number of ether oxygens (including phenoxy) is 2. The number of hydrogen-bond donors (Lipinski definition) is 1. The predicted octanol–water partition coefficient (Wildman–Crippen LogP) is 3.33. The van der Waals surface area contributed by atoms with Gasteiger partial charge in [0.2, 0.25) is 11.8 Å². The lowest BCUT2D eigenvalue weighted by Crippen LogP contribution is -2.43. The third kappa shape index (κ3) is 6.91. The van der Waals surface area contributed by atoms with Crippen molar-refractivity contribution in [2.45, 2.75) is 32.9 Å². The Bertz CT molecular complexity index is 762. The van der Waals surface area contributed by atoms with E-state index in [-0.39, 0.29) is 11.8 Å². The Labute approximate surface area is 172 Å². The maximum Gasteiger partial charge on any atom is 0.247 e. The SMILES string of the molecule is CCOCCCNC(=O)[C@H](c1ccccc1)N(Cc1ccc(OC)cc1)C(C)=O. The summed E-state index contributed by atoms with van der Waals surface area (Å²) in [5, 5.41) is 2.95. The zero-order chi connectivity index (χ0) is 21.1. The molecule has 0 aromatic heterocycles. The minimum absolute atomic E-state index is 0.167. The van der Waals surface area contributed by atoms with Gasteiger partial charge < -0.3 is 19.7 Å². The van der Waals surface area contributed by atoms with Gasteiger partial charge in [-0.3, -0.25) is 9.59 Å². The Balaban J connectivity index is 2.20. The third-order valence-electron chi connectivity index (χ3n) is 4.56. The van der Waals surface area contributed by atoms with Crippen molar-refractivity contribution < 1.29 is 19.1 Å². The van der Waals surface area contributed by atoms with Gasteiger partial charge in [0, 0.05) is 33.2 Å². The quantitative estimate of drug-likeness (QED) is 0.590. The van der Waals surface area contributed by atoms with Gasteiger partial charge in [-0.1, -0.05) is 42.5 Å². The lowest BCUT2D eigenvalue weighted by Gasteiger charge is -2.30. The van der Waals surface area contributed by atoms with Gasteiger partial charge in [-0.25, -0.2) is 0 Å². The fourth-order valence-corrected chi connectivity index (χ4v) is 3.05. The van der Waals surface area contributed by atoms with Gasteiger partial charge in [0.05, 0.1) is 7.11 Å². The van der Waals surface area contributed by atoms with Gasteiger partial charge >= 0.3 is 0 Å². The molecule has 1 atom stereocenters. The fraction of sp³-hybridized carbons (Fsp3) is 0.391. The molecule has 6 nitrogen and oxygen atoms in total.